The number of nitrogens with one attached hydrogen (secondary N) is 2. The number of halogens is 4. The second-order valence-electron chi connectivity index (χ2n) is 9.82. The number of sulfonamides is 2. The molecule has 2 N–H and O–H groups in total. The number of pyridine rings is 1. The van der Waals surface area contributed by atoms with E-state index in [4.69, 9.17) is 0 Å². The Kier molecular flexibility index (Phi) is 9.88. The van der Waals surface area contributed by atoms with E-state index in [2.05, 4.69) is 10.3 Å². The van der Waals surface area contributed by atoms with Gasteiger partial charge in [0.15, 0.2) is 0 Å². The molecule has 0 bridgehead atoms. The van der Waals surface area contributed by atoms with E-state index in [0.29, 0.717) is 11.6 Å². The number of aromatic nitrogens is 1. The molecule has 0 spiro atoms. The van der Waals surface area contributed by atoms with Crippen LogP contribution in [0.4, 0.5) is 29.1 Å². The minimum atomic E-state index is -4.87. The third-order valence-corrected chi connectivity index (χ3v) is 8.89. The number of anilines is 2. The third-order valence-electron chi connectivity index (χ3n) is 6.19. The topological polar surface area (TPSA) is 126 Å². The number of hydrogen-bond donors (Lipinski definition) is 2. The molecule has 1 unspecified atom stereocenters. The number of benzene rings is 2. The van der Waals surface area contributed by atoms with E-state index in [1.165, 1.54) is 26.8 Å². The molecule has 0 aliphatic rings. The Bertz CT molecular complexity index is 1650. The van der Waals surface area contributed by atoms with Gasteiger partial charge in [0.05, 0.1) is 29.7 Å². The molecule has 3 aromatic rings. The van der Waals surface area contributed by atoms with Crippen LogP contribution in [-0.4, -0.2) is 39.2 Å². The standard InChI is InChI=1S/C27H30F4N4O5S2/c1-17(2)42(39,40)35(16-19-8-6-5-7-9-19)25-21(11-13-24(33-25)27(29,30)31)15-32-26(36)18(3)20-10-12-23(22(28)14-20)34-41(4,37)38/h5-14,17-18,34H,15-16H2,1-4H3,(H,32,36). The van der Waals surface area contributed by atoms with Gasteiger partial charge in [0, 0.05) is 12.1 Å². The van der Waals surface area contributed by atoms with Gasteiger partial charge in [-0.05, 0) is 50.1 Å². The maximum Gasteiger partial charge on any atom is 0.433 e. The molecule has 1 amide bonds. The summed E-state index contributed by atoms with van der Waals surface area (Å²) < 4.78 is 108. The van der Waals surface area contributed by atoms with E-state index < -0.39 is 67.2 Å². The predicted octanol–water partition coefficient (Wildman–Crippen LogP) is 4.78. The summed E-state index contributed by atoms with van der Waals surface area (Å²) >= 11 is 0. The fourth-order valence-electron chi connectivity index (χ4n) is 3.85. The van der Waals surface area contributed by atoms with Crippen LogP contribution >= 0.6 is 0 Å². The van der Waals surface area contributed by atoms with Gasteiger partial charge in [-0.15, -0.1) is 0 Å². The Hall–Kier alpha value is -3.72. The second-order valence-corrected chi connectivity index (χ2v) is 14.0. The van der Waals surface area contributed by atoms with Crippen molar-refractivity contribution in [3.05, 3.63) is 88.9 Å². The highest BCUT2D eigenvalue weighted by molar-refractivity contribution is 7.93. The Balaban J connectivity index is 1.96. The van der Waals surface area contributed by atoms with E-state index in [-0.39, 0.29) is 23.4 Å². The first-order chi connectivity index (χ1) is 19.4. The van der Waals surface area contributed by atoms with E-state index in [9.17, 15) is 39.2 Å². The summed E-state index contributed by atoms with van der Waals surface area (Å²) in [4.78, 5) is 16.7. The lowest BCUT2D eigenvalue weighted by Gasteiger charge is -2.28. The average Bonchev–Trinajstić information content (AvgIpc) is 2.90. The van der Waals surface area contributed by atoms with Crippen LogP contribution < -0.4 is 14.3 Å². The van der Waals surface area contributed by atoms with Gasteiger partial charge in [-0.1, -0.05) is 42.5 Å². The summed E-state index contributed by atoms with van der Waals surface area (Å²) in [6, 6.07) is 13.5. The summed E-state index contributed by atoms with van der Waals surface area (Å²) in [5, 5.41) is 1.55. The van der Waals surface area contributed by atoms with Gasteiger partial charge in [0.1, 0.15) is 17.3 Å². The highest BCUT2D eigenvalue weighted by atomic mass is 32.2. The maximum atomic E-state index is 14.5. The minimum absolute atomic E-state index is 0.00240. The normalized spacial score (nSPS) is 13.1. The molecule has 1 heterocycles. The zero-order valence-electron chi connectivity index (χ0n) is 23.1. The molecule has 0 aliphatic carbocycles. The fourth-order valence-corrected chi connectivity index (χ4v) is 5.65. The van der Waals surface area contributed by atoms with Crippen LogP contribution in [0.3, 0.4) is 0 Å². The van der Waals surface area contributed by atoms with Crippen LogP contribution in [0.5, 0.6) is 0 Å². The average molecular weight is 631 g/mol. The molecule has 1 aromatic heterocycles. The Labute approximate surface area is 242 Å². The van der Waals surface area contributed by atoms with Crippen molar-refractivity contribution in [2.24, 2.45) is 0 Å². The summed E-state index contributed by atoms with van der Waals surface area (Å²) in [5.41, 5.74) is -0.915. The number of carbonyl (C=O) groups excluding carboxylic acids is 1. The van der Waals surface area contributed by atoms with Crippen molar-refractivity contribution in [2.45, 2.75) is 51.2 Å². The van der Waals surface area contributed by atoms with E-state index in [0.717, 1.165) is 28.8 Å². The van der Waals surface area contributed by atoms with Crippen molar-refractivity contribution in [3.8, 4) is 0 Å². The first-order valence-corrected chi connectivity index (χ1v) is 16.0. The van der Waals surface area contributed by atoms with Crippen LogP contribution in [0, 0.1) is 5.82 Å². The molecular formula is C27H30F4N4O5S2. The SMILES string of the molecule is CC(C(=O)NCc1ccc(C(F)(F)F)nc1N(Cc1ccccc1)S(=O)(=O)C(C)C)c1ccc(NS(C)(=O)=O)c(F)c1. The fraction of sp³-hybridized carbons (Fsp3) is 0.333. The minimum Gasteiger partial charge on any atom is -0.351 e. The molecule has 0 radical (unpaired) electrons. The Morgan fingerprint density at radius 3 is 2.17 bits per heavy atom. The van der Waals surface area contributed by atoms with Crippen LogP contribution in [0.25, 0.3) is 0 Å². The van der Waals surface area contributed by atoms with Crippen molar-refractivity contribution in [1.29, 1.82) is 0 Å². The van der Waals surface area contributed by atoms with E-state index in [1.807, 2.05) is 4.72 Å². The number of rotatable bonds is 11. The number of carbonyl (C=O) groups is 1. The van der Waals surface area contributed by atoms with Gasteiger partial charge in [-0.3, -0.25) is 9.52 Å². The van der Waals surface area contributed by atoms with Crippen molar-refractivity contribution < 1.29 is 39.2 Å². The number of hydrogen-bond acceptors (Lipinski definition) is 6. The van der Waals surface area contributed by atoms with Gasteiger partial charge in [0.2, 0.25) is 26.0 Å². The largest absolute Gasteiger partial charge is 0.433 e. The van der Waals surface area contributed by atoms with Crippen LogP contribution in [-0.2, 0) is 44.1 Å². The number of nitrogens with zero attached hydrogens (tertiary/aromatic N) is 2. The van der Waals surface area contributed by atoms with Gasteiger partial charge in [-0.2, -0.15) is 13.2 Å². The summed E-state index contributed by atoms with van der Waals surface area (Å²) in [6.07, 6.45) is -4.01. The second kappa shape index (κ2) is 12.7. The molecule has 42 heavy (non-hydrogen) atoms. The smallest absolute Gasteiger partial charge is 0.351 e. The van der Waals surface area contributed by atoms with Crippen molar-refractivity contribution in [3.63, 3.8) is 0 Å². The lowest BCUT2D eigenvalue weighted by molar-refractivity contribution is -0.141. The summed E-state index contributed by atoms with van der Waals surface area (Å²) in [7, 11) is -7.93. The summed E-state index contributed by atoms with van der Waals surface area (Å²) in [5.74, 6) is -3.01. The first-order valence-electron chi connectivity index (χ1n) is 12.6. The van der Waals surface area contributed by atoms with E-state index in [1.54, 1.807) is 30.3 Å². The highest BCUT2D eigenvalue weighted by Gasteiger charge is 2.36. The maximum absolute atomic E-state index is 14.5. The number of amides is 1. The summed E-state index contributed by atoms with van der Waals surface area (Å²) in [6.45, 7) is 3.53. The molecule has 3 rings (SSSR count). The van der Waals surface area contributed by atoms with Crippen LogP contribution in [0.2, 0.25) is 0 Å². The van der Waals surface area contributed by atoms with Crippen molar-refractivity contribution >= 4 is 37.5 Å². The van der Waals surface area contributed by atoms with Crippen molar-refractivity contribution in [2.75, 3.05) is 15.3 Å². The van der Waals surface area contributed by atoms with Crippen LogP contribution in [0.1, 0.15) is 49.1 Å². The molecule has 0 fully saturated rings. The molecule has 228 valence electrons. The third kappa shape index (κ3) is 8.18. The molecular weight excluding hydrogens is 600 g/mol. The Morgan fingerprint density at radius 2 is 1.62 bits per heavy atom. The highest BCUT2D eigenvalue weighted by Crippen LogP contribution is 2.33. The molecule has 9 nitrogen and oxygen atoms in total. The van der Waals surface area contributed by atoms with Gasteiger partial charge >= 0.3 is 6.18 Å². The molecule has 2 aromatic carbocycles. The van der Waals surface area contributed by atoms with Gasteiger partial charge in [-0.25, -0.2) is 30.5 Å². The lowest BCUT2D eigenvalue weighted by Crippen LogP contribution is -2.38. The van der Waals surface area contributed by atoms with E-state index >= 15 is 0 Å². The lowest BCUT2D eigenvalue weighted by atomic mass is 9.99. The zero-order chi connectivity index (χ0) is 31.5. The Morgan fingerprint density at radius 1 is 0.976 bits per heavy atom. The van der Waals surface area contributed by atoms with Gasteiger partial charge < -0.3 is 5.32 Å². The molecule has 0 saturated heterocycles. The first kappa shape index (κ1) is 32.8. The molecule has 0 saturated carbocycles. The van der Waals surface area contributed by atoms with Crippen LogP contribution in [0.15, 0.2) is 60.7 Å². The number of alkyl halides is 3. The van der Waals surface area contributed by atoms with Gasteiger partial charge in [0.25, 0.3) is 0 Å². The van der Waals surface area contributed by atoms with Crippen molar-refractivity contribution in [1.82, 2.24) is 10.3 Å². The zero-order valence-corrected chi connectivity index (χ0v) is 24.7. The quantitative estimate of drug-likeness (QED) is 0.294. The molecule has 15 heteroatoms. The molecule has 1 atom stereocenters. The predicted molar refractivity (Wildman–Crippen MR) is 151 cm³/mol. The monoisotopic (exact) mass is 630 g/mol. The molecule has 0 aliphatic heterocycles.